The van der Waals surface area contributed by atoms with Gasteiger partial charge in [-0.15, -0.1) is 11.3 Å². The fraction of sp³-hybridized carbons (Fsp3) is 0.250. The molecule has 2 aromatic rings. The van der Waals surface area contributed by atoms with Crippen LogP contribution < -0.4 is 10.1 Å². The number of anilines is 1. The lowest BCUT2D eigenvalue weighted by molar-refractivity contribution is 0.415. The zero-order valence-corrected chi connectivity index (χ0v) is 10.2. The first-order valence-corrected chi connectivity index (χ1v) is 5.95. The molecule has 0 aliphatic heterocycles. The fourth-order valence-corrected chi connectivity index (χ4v) is 2.28. The normalized spacial score (nSPS) is 10.1. The number of ether oxygens (including phenoxy) is 1. The van der Waals surface area contributed by atoms with Gasteiger partial charge in [0.1, 0.15) is 0 Å². The van der Waals surface area contributed by atoms with E-state index in [0.717, 1.165) is 18.1 Å². The predicted octanol–water partition coefficient (Wildman–Crippen LogP) is 3.07. The molecule has 0 atom stereocenters. The van der Waals surface area contributed by atoms with E-state index in [9.17, 15) is 0 Å². The van der Waals surface area contributed by atoms with Crippen LogP contribution in [0.25, 0.3) is 0 Å². The second-order valence-electron chi connectivity index (χ2n) is 3.43. The Morgan fingerprint density at radius 3 is 3.00 bits per heavy atom. The Hall–Kier alpha value is -1.55. The average molecular weight is 234 g/mol. The molecule has 0 aromatic carbocycles. The highest BCUT2D eigenvalue weighted by Crippen LogP contribution is 2.22. The van der Waals surface area contributed by atoms with Crippen LogP contribution in [-0.4, -0.2) is 12.1 Å². The van der Waals surface area contributed by atoms with Crippen molar-refractivity contribution in [3.05, 3.63) is 40.2 Å². The van der Waals surface area contributed by atoms with Gasteiger partial charge in [0.25, 0.3) is 0 Å². The molecule has 84 valence electrons. The molecule has 16 heavy (non-hydrogen) atoms. The molecule has 2 heterocycles. The molecule has 1 N–H and O–H groups in total. The summed E-state index contributed by atoms with van der Waals surface area (Å²) in [5.74, 6) is 1.56. The molecule has 0 aliphatic carbocycles. The minimum Gasteiger partial charge on any atom is -0.493 e. The summed E-state index contributed by atoms with van der Waals surface area (Å²) in [6.45, 7) is 2.90. The van der Waals surface area contributed by atoms with Crippen molar-refractivity contribution in [1.29, 1.82) is 0 Å². The molecule has 2 aromatic heterocycles. The lowest BCUT2D eigenvalue weighted by Gasteiger charge is -2.08. The van der Waals surface area contributed by atoms with Crippen molar-refractivity contribution in [1.82, 2.24) is 4.98 Å². The highest BCUT2D eigenvalue weighted by molar-refractivity contribution is 7.10. The Labute approximate surface area is 99.1 Å². The van der Waals surface area contributed by atoms with E-state index < -0.39 is 0 Å². The topological polar surface area (TPSA) is 34.1 Å². The van der Waals surface area contributed by atoms with Gasteiger partial charge in [0.2, 0.25) is 0 Å². The summed E-state index contributed by atoms with van der Waals surface area (Å²) < 4.78 is 5.22. The largest absolute Gasteiger partial charge is 0.493 e. The van der Waals surface area contributed by atoms with E-state index in [1.807, 2.05) is 12.1 Å². The van der Waals surface area contributed by atoms with Crippen LogP contribution in [0.15, 0.2) is 29.8 Å². The molecule has 0 saturated carbocycles. The molecule has 0 fully saturated rings. The van der Waals surface area contributed by atoms with Crippen molar-refractivity contribution in [3.8, 4) is 5.75 Å². The maximum atomic E-state index is 5.22. The Morgan fingerprint density at radius 2 is 2.31 bits per heavy atom. The molecule has 0 amide bonds. The van der Waals surface area contributed by atoms with E-state index in [1.165, 1.54) is 10.4 Å². The van der Waals surface area contributed by atoms with Gasteiger partial charge in [-0.2, -0.15) is 0 Å². The summed E-state index contributed by atoms with van der Waals surface area (Å²) in [6, 6.07) is 5.88. The predicted molar refractivity (Wildman–Crippen MR) is 67.2 cm³/mol. The monoisotopic (exact) mass is 234 g/mol. The number of thiophene rings is 1. The zero-order chi connectivity index (χ0) is 11.4. The molecule has 4 heteroatoms. The molecule has 0 unspecified atom stereocenters. The maximum absolute atomic E-state index is 5.22. The average Bonchev–Trinajstić information content (AvgIpc) is 2.72. The third-order valence-electron chi connectivity index (χ3n) is 2.38. The Bertz CT molecular complexity index is 468. The summed E-state index contributed by atoms with van der Waals surface area (Å²) in [7, 11) is 1.65. The third-order valence-corrected chi connectivity index (χ3v) is 3.40. The van der Waals surface area contributed by atoms with Crippen molar-refractivity contribution < 1.29 is 4.74 Å². The van der Waals surface area contributed by atoms with Crippen LogP contribution in [0.2, 0.25) is 0 Å². The van der Waals surface area contributed by atoms with Gasteiger partial charge in [-0.1, -0.05) is 0 Å². The Morgan fingerprint density at radius 1 is 1.44 bits per heavy atom. The maximum Gasteiger partial charge on any atom is 0.169 e. The van der Waals surface area contributed by atoms with Crippen molar-refractivity contribution >= 4 is 17.2 Å². The standard InChI is InChI=1S/C12H14N2OS/c1-9-5-7-16-11(9)8-14-12-10(15-2)4-3-6-13-12/h3-7H,8H2,1-2H3,(H,13,14). The second kappa shape index (κ2) is 4.99. The summed E-state index contributed by atoms with van der Waals surface area (Å²) in [6.07, 6.45) is 1.76. The number of nitrogens with zero attached hydrogens (tertiary/aromatic N) is 1. The first-order valence-electron chi connectivity index (χ1n) is 5.07. The number of methoxy groups -OCH3 is 1. The second-order valence-corrected chi connectivity index (χ2v) is 4.44. The van der Waals surface area contributed by atoms with Crippen LogP contribution in [0.1, 0.15) is 10.4 Å². The molecule has 0 spiro atoms. The number of nitrogens with one attached hydrogen (secondary N) is 1. The SMILES string of the molecule is COc1cccnc1NCc1sccc1C. The van der Waals surface area contributed by atoms with Gasteiger partial charge < -0.3 is 10.1 Å². The smallest absolute Gasteiger partial charge is 0.169 e. The van der Waals surface area contributed by atoms with Gasteiger partial charge in [0.15, 0.2) is 11.6 Å². The summed E-state index contributed by atoms with van der Waals surface area (Å²) in [5.41, 5.74) is 1.31. The Balaban J connectivity index is 2.07. The van der Waals surface area contributed by atoms with Crippen LogP contribution in [0, 0.1) is 6.92 Å². The fourth-order valence-electron chi connectivity index (χ4n) is 1.44. The molecule has 0 aliphatic rings. The summed E-state index contributed by atoms with van der Waals surface area (Å²) in [5, 5.41) is 5.38. The van der Waals surface area contributed by atoms with Crippen LogP contribution >= 0.6 is 11.3 Å². The number of aryl methyl sites for hydroxylation is 1. The van der Waals surface area contributed by atoms with Crippen molar-refractivity contribution in [2.24, 2.45) is 0 Å². The van der Waals surface area contributed by atoms with Gasteiger partial charge >= 0.3 is 0 Å². The van der Waals surface area contributed by atoms with Crippen LogP contribution in [0.3, 0.4) is 0 Å². The van der Waals surface area contributed by atoms with Crippen LogP contribution in [0.5, 0.6) is 5.75 Å². The van der Waals surface area contributed by atoms with E-state index in [-0.39, 0.29) is 0 Å². The van der Waals surface area contributed by atoms with Gasteiger partial charge in [-0.05, 0) is 36.1 Å². The number of pyridine rings is 1. The number of rotatable bonds is 4. The van der Waals surface area contributed by atoms with Crippen LogP contribution in [0.4, 0.5) is 5.82 Å². The molecule has 3 nitrogen and oxygen atoms in total. The summed E-state index contributed by atoms with van der Waals surface area (Å²) >= 11 is 1.75. The lowest BCUT2D eigenvalue weighted by Crippen LogP contribution is -2.02. The number of aromatic nitrogens is 1. The van der Waals surface area contributed by atoms with Gasteiger partial charge in [-0.25, -0.2) is 4.98 Å². The minimum atomic E-state index is 0.775. The molecular formula is C12H14N2OS. The first kappa shape index (κ1) is 11.0. The van der Waals surface area contributed by atoms with Gasteiger partial charge in [-0.3, -0.25) is 0 Å². The third kappa shape index (κ3) is 2.33. The lowest BCUT2D eigenvalue weighted by atomic mass is 10.3. The highest BCUT2D eigenvalue weighted by atomic mass is 32.1. The van der Waals surface area contributed by atoms with E-state index in [1.54, 1.807) is 24.6 Å². The van der Waals surface area contributed by atoms with Crippen molar-refractivity contribution in [3.63, 3.8) is 0 Å². The highest BCUT2D eigenvalue weighted by Gasteiger charge is 2.04. The van der Waals surface area contributed by atoms with E-state index in [0.29, 0.717) is 0 Å². The van der Waals surface area contributed by atoms with Crippen molar-refractivity contribution in [2.45, 2.75) is 13.5 Å². The van der Waals surface area contributed by atoms with Gasteiger partial charge in [0.05, 0.1) is 13.7 Å². The molecule has 2 rings (SSSR count). The molecule has 0 saturated heterocycles. The van der Waals surface area contributed by atoms with Crippen LogP contribution in [-0.2, 0) is 6.54 Å². The Kier molecular flexibility index (Phi) is 3.41. The molecule has 0 radical (unpaired) electrons. The van der Waals surface area contributed by atoms with E-state index in [4.69, 9.17) is 4.74 Å². The minimum absolute atomic E-state index is 0.775. The zero-order valence-electron chi connectivity index (χ0n) is 9.36. The summed E-state index contributed by atoms with van der Waals surface area (Å²) in [4.78, 5) is 5.57. The molecule has 0 bridgehead atoms. The number of hydrogen-bond donors (Lipinski definition) is 1. The number of hydrogen-bond acceptors (Lipinski definition) is 4. The van der Waals surface area contributed by atoms with Crippen molar-refractivity contribution in [2.75, 3.05) is 12.4 Å². The first-order chi connectivity index (χ1) is 7.81. The quantitative estimate of drug-likeness (QED) is 0.882. The van der Waals surface area contributed by atoms with Gasteiger partial charge in [0, 0.05) is 11.1 Å². The van der Waals surface area contributed by atoms with E-state index in [2.05, 4.69) is 28.7 Å². The van der Waals surface area contributed by atoms with E-state index >= 15 is 0 Å². The molecular weight excluding hydrogens is 220 g/mol.